The number of aryl methyl sites for hydroxylation is 1. The molecule has 3 nitrogen and oxygen atoms in total. The van der Waals surface area contributed by atoms with Crippen LogP contribution in [0.4, 0.5) is 5.69 Å². The van der Waals surface area contributed by atoms with E-state index >= 15 is 0 Å². The van der Waals surface area contributed by atoms with E-state index in [-0.39, 0.29) is 0 Å². The standard InChI is InChI=1S/C12H17NO2/c1-3-4-7-13-11-8-10(12(14)15)6-5-9(11)2/h5-6,8,13H,3-4,7H2,1-2H3,(H,14,15). The van der Waals surface area contributed by atoms with Gasteiger partial charge in [0.25, 0.3) is 0 Å². The molecular formula is C12H17NO2. The van der Waals surface area contributed by atoms with Crippen LogP contribution >= 0.6 is 0 Å². The minimum absolute atomic E-state index is 0.333. The molecule has 0 bridgehead atoms. The van der Waals surface area contributed by atoms with Crippen LogP contribution in [0.5, 0.6) is 0 Å². The zero-order chi connectivity index (χ0) is 11.3. The first-order valence-electron chi connectivity index (χ1n) is 5.23. The van der Waals surface area contributed by atoms with Crippen LogP contribution < -0.4 is 5.32 Å². The van der Waals surface area contributed by atoms with E-state index in [1.807, 2.05) is 13.0 Å². The Morgan fingerprint density at radius 2 is 2.20 bits per heavy atom. The number of carbonyl (C=O) groups is 1. The molecule has 0 fully saturated rings. The Morgan fingerprint density at radius 3 is 2.80 bits per heavy atom. The van der Waals surface area contributed by atoms with Crippen LogP contribution in [0.15, 0.2) is 18.2 Å². The minimum Gasteiger partial charge on any atom is -0.478 e. The van der Waals surface area contributed by atoms with Crippen LogP contribution in [0.3, 0.4) is 0 Å². The maximum absolute atomic E-state index is 10.8. The summed E-state index contributed by atoms with van der Waals surface area (Å²) in [6.07, 6.45) is 2.22. The molecule has 0 radical (unpaired) electrons. The van der Waals surface area contributed by atoms with Gasteiger partial charge in [0.05, 0.1) is 5.56 Å². The van der Waals surface area contributed by atoms with E-state index in [1.54, 1.807) is 12.1 Å². The number of rotatable bonds is 5. The number of carboxylic acids is 1. The first-order valence-corrected chi connectivity index (χ1v) is 5.23. The largest absolute Gasteiger partial charge is 0.478 e. The van der Waals surface area contributed by atoms with Crippen molar-refractivity contribution in [2.45, 2.75) is 26.7 Å². The fourth-order valence-corrected chi connectivity index (χ4v) is 1.35. The van der Waals surface area contributed by atoms with Gasteiger partial charge in [-0.1, -0.05) is 19.4 Å². The number of hydrogen-bond donors (Lipinski definition) is 2. The van der Waals surface area contributed by atoms with Crippen LogP contribution in [0.1, 0.15) is 35.7 Å². The SMILES string of the molecule is CCCCNc1cc(C(=O)O)ccc1C. The van der Waals surface area contributed by atoms with Crippen LogP contribution in [-0.2, 0) is 0 Å². The van der Waals surface area contributed by atoms with Crippen molar-refractivity contribution in [2.75, 3.05) is 11.9 Å². The number of aromatic carboxylic acids is 1. The molecule has 3 heteroatoms. The molecule has 15 heavy (non-hydrogen) atoms. The van der Waals surface area contributed by atoms with Crippen molar-refractivity contribution in [3.05, 3.63) is 29.3 Å². The molecule has 0 saturated carbocycles. The number of benzene rings is 1. The second-order valence-corrected chi connectivity index (χ2v) is 3.62. The monoisotopic (exact) mass is 207 g/mol. The molecule has 1 aromatic carbocycles. The van der Waals surface area contributed by atoms with Crippen molar-refractivity contribution in [2.24, 2.45) is 0 Å². The van der Waals surface area contributed by atoms with Gasteiger partial charge in [0, 0.05) is 12.2 Å². The Kier molecular flexibility index (Phi) is 4.16. The first-order chi connectivity index (χ1) is 7.15. The minimum atomic E-state index is -0.881. The molecule has 82 valence electrons. The van der Waals surface area contributed by atoms with E-state index in [1.165, 1.54) is 0 Å². The highest BCUT2D eigenvalue weighted by Gasteiger charge is 2.05. The molecule has 0 aromatic heterocycles. The molecule has 0 atom stereocenters. The summed E-state index contributed by atoms with van der Waals surface area (Å²) >= 11 is 0. The Hall–Kier alpha value is -1.51. The Bertz CT molecular complexity index is 347. The molecule has 2 N–H and O–H groups in total. The summed E-state index contributed by atoms with van der Waals surface area (Å²) in [5.74, 6) is -0.881. The van der Waals surface area contributed by atoms with Gasteiger partial charge >= 0.3 is 5.97 Å². The number of carboxylic acid groups (broad SMARTS) is 1. The lowest BCUT2D eigenvalue weighted by Gasteiger charge is -2.09. The van der Waals surface area contributed by atoms with Gasteiger partial charge in [-0.25, -0.2) is 4.79 Å². The summed E-state index contributed by atoms with van der Waals surface area (Å²) < 4.78 is 0. The van der Waals surface area contributed by atoms with Crippen LogP contribution in [-0.4, -0.2) is 17.6 Å². The third-order valence-corrected chi connectivity index (χ3v) is 2.33. The van der Waals surface area contributed by atoms with Crippen molar-refractivity contribution < 1.29 is 9.90 Å². The van der Waals surface area contributed by atoms with Crippen LogP contribution in [0.2, 0.25) is 0 Å². The van der Waals surface area contributed by atoms with Crippen molar-refractivity contribution in [3.8, 4) is 0 Å². The maximum Gasteiger partial charge on any atom is 0.335 e. The molecule has 0 aliphatic carbocycles. The van der Waals surface area contributed by atoms with Crippen LogP contribution in [0, 0.1) is 6.92 Å². The fraction of sp³-hybridized carbons (Fsp3) is 0.417. The van der Waals surface area contributed by atoms with Gasteiger partial charge in [0.2, 0.25) is 0 Å². The lowest BCUT2D eigenvalue weighted by Crippen LogP contribution is -2.04. The Morgan fingerprint density at radius 1 is 1.47 bits per heavy atom. The summed E-state index contributed by atoms with van der Waals surface area (Å²) in [5, 5.41) is 12.1. The van der Waals surface area contributed by atoms with Gasteiger partial charge in [0.1, 0.15) is 0 Å². The smallest absolute Gasteiger partial charge is 0.335 e. The van der Waals surface area contributed by atoms with Gasteiger partial charge in [-0.3, -0.25) is 0 Å². The highest BCUT2D eigenvalue weighted by molar-refractivity contribution is 5.89. The topological polar surface area (TPSA) is 49.3 Å². The van der Waals surface area contributed by atoms with E-state index < -0.39 is 5.97 Å². The normalized spacial score (nSPS) is 10.0. The predicted molar refractivity (Wildman–Crippen MR) is 61.5 cm³/mol. The van der Waals surface area contributed by atoms with Crippen molar-refractivity contribution in [3.63, 3.8) is 0 Å². The summed E-state index contributed by atoms with van der Waals surface area (Å²) in [6.45, 7) is 4.99. The third kappa shape index (κ3) is 3.27. The number of nitrogens with one attached hydrogen (secondary N) is 1. The molecule has 0 amide bonds. The average Bonchev–Trinajstić information content (AvgIpc) is 2.20. The molecule has 0 aliphatic rings. The number of anilines is 1. The van der Waals surface area contributed by atoms with Crippen LogP contribution in [0.25, 0.3) is 0 Å². The highest BCUT2D eigenvalue weighted by atomic mass is 16.4. The van der Waals surface area contributed by atoms with Crippen molar-refractivity contribution >= 4 is 11.7 Å². The average molecular weight is 207 g/mol. The summed E-state index contributed by atoms with van der Waals surface area (Å²) in [7, 11) is 0. The summed E-state index contributed by atoms with van der Waals surface area (Å²) in [4.78, 5) is 10.8. The lowest BCUT2D eigenvalue weighted by molar-refractivity contribution is 0.0697. The number of hydrogen-bond acceptors (Lipinski definition) is 2. The second-order valence-electron chi connectivity index (χ2n) is 3.62. The number of unbranched alkanes of at least 4 members (excludes halogenated alkanes) is 1. The van der Waals surface area contributed by atoms with Crippen molar-refractivity contribution in [1.82, 2.24) is 0 Å². The van der Waals surface area contributed by atoms with E-state index in [9.17, 15) is 4.79 Å². The maximum atomic E-state index is 10.8. The third-order valence-electron chi connectivity index (χ3n) is 2.33. The highest BCUT2D eigenvalue weighted by Crippen LogP contribution is 2.16. The van der Waals surface area contributed by atoms with E-state index in [0.717, 1.165) is 30.6 Å². The van der Waals surface area contributed by atoms with Gasteiger partial charge in [0.15, 0.2) is 0 Å². The summed E-state index contributed by atoms with van der Waals surface area (Å²) in [6, 6.07) is 5.15. The van der Waals surface area contributed by atoms with E-state index in [4.69, 9.17) is 5.11 Å². The lowest BCUT2D eigenvalue weighted by atomic mass is 10.1. The molecule has 0 unspecified atom stereocenters. The first kappa shape index (κ1) is 11.6. The molecule has 0 saturated heterocycles. The van der Waals surface area contributed by atoms with E-state index in [2.05, 4.69) is 12.2 Å². The summed E-state index contributed by atoms with van der Waals surface area (Å²) in [5.41, 5.74) is 2.33. The van der Waals surface area contributed by atoms with Crippen molar-refractivity contribution in [1.29, 1.82) is 0 Å². The van der Waals surface area contributed by atoms with E-state index in [0.29, 0.717) is 5.56 Å². The predicted octanol–water partition coefficient (Wildman–Crippen LogP) is 2.91. The zero-order valence-electron chi connectivity index (χ0n) is 9.21. The van der Waals surface area contributed by atoms with Gasteiger partial charge in [-0.15, -0.1) is 0 Å². The molecule has 1 aromatic rings. The Balaban J connectivity index is 2.76. The molecular weight excluding hydrogens is 190 g/mol. The molecule has 0 aliphatic heterocycles. The second kappa shape index (κ2) is 5.39. The molecule has 0 spiro atoms. The quantitative estimate of drug-likeness (QED) is 0.730. The molecule has 0 heterocycles. The van der Waals surface area contributed by atoms with Gasteiger partial charge < -0.3 is 10.4 Å². The molecule has 1 rings (SSSR count). The van der Waals surface area contributed by atoms with Gasteiger partial charge in [-0.2, -0.15) is 0 Å². The van der Waals surface area contributed by atoms with Gasteiger partial charge in [-0.05, 0) is 31.0 Å². The zero-order valence-corrected chi connectivity index (χ0v) is 9.21. The fourth-order valence-electron chi connectivity index (χ4n) is 1.35. The Labute approximate surface area is 90.1 Å².